The van der Waals surface area contributed by atoms with E-state index in [4.69, 9.17) is 5.11 Å². The van der Waals surface area contributed by atoms with Crippen molar-refractivity contribution in [2.24, 2.45) is 0 Å². The zero-order valence-electron chi connectivity index (χ0n) is 15.1. The van der Waals surface area contributed by atoms with Crippen LogP contribution in [-0.4, -0.2) is 60.3 Å². The SMILES string of the molecule is CCN(CC)S(=O)(=O)c1cccc(C(=O)N(CCC(=O)O)C(C)C)c1. The number of benzene rings is 1. The molecule has 0 saturated heterocycles. The minimum atomic E-state index is -3.66. The summed E-state index contributed by atoms with van der Waals surface area (Å²) in [6, 6.07) is 5.68. The van der Waals surface area contributed by atoms with E-state index in [9.17, 15) is 18.0 Å². The minimum Gasteiger partial charge on any atom is -0.481 e. The van der Waals surface area contributed by atoms with Gasteiger partial charge < -0.3 is 10.0 Å². The third kappa shape index (κ3) is 5.27. The molecule has 7 nitrogen and oxygen atoms in total. The number of hydrogen-bond donors (Lipinski definition) is 1. The van der Waals surface area contributed by atoms with Crippen LogP contribution in [0.25, 0.3) is 0 Å². The Morgan fingerprint density at radius 2 is 1.76 bits per heavy atom. The van der Waals surface area contributed by atoms with Gasteiger partial charge in [-0.2, -0.15) is 4.31 Å². The predicted octanol–water partition coefficient (Wildman–Crippen LogP) is 2.04. The third-order valence-electron chi connectivity index (χ3n) is 3.87. The Morgan fingerprint density at radius 3 is 2.24 bits per heavy atom. The van der Waals surface area contributed by atoms with Crippen molar-refractivity contribution in [2.75, 3.05) is 19.6 Å². The fraction of sp³-hybridized carbons (Fsp3) is 0.529. The van der Waals surface area contributed by atoms with Gasteiger partial charge in [0.05, 0.1) is 11.3 Å². The fourth-order valence-corrected chi connectivity index (χ4v) is 3.98. The normalized spacial score (nSPS) is 11.8. The number of amides is 1. The van der Waals surface area contributed by atoms with E-state index in [-0.39, 0.29) is 35.4 Å². The van der Waals surface area contributed by atoms with Gasteiger partial charge >= 0.3 is 5.97 Å². The quantitative estimate of drug-likeness (QED) is 0.718. The van der Waals surface area contributed by atoms with E-state index in [1.165, 1.54) is 27.4 Å². The Balaban J connectivity index is 3.18. The second kappa shape index (κ2) is 8.96. The highest BCUT2D eigenvalue weighted by Gasteiger charge is 2.24. The van der Waals surface area contributed by atoms with Crippen molar-refractivity contribution in [1.82, 2.24) is 9.21 Å². The maximum atomic E-state index is 12.7. The van der Waals surface area contributed by atoms with Crippen LogP contribution in [0.5, 0.6) is 0 Å². The van der Waals surface area contributed by atoms with Crippen LogP contribution in [0, 0.1) is 0 Å². The molecule has 0 aliphatic heterocycles. The summed E-state index contributed by atoms with van der Waals surface area (Å²) in [5, 5.41) is 8.84. The van der Waals surface area contributed by atoms with Gasteiger partial charge in [0.1, 0.15) is 0 Å². The predicted molar refractivity (Wildman–Crippen MR) is 95.0 cm³/mol. The number of sulfonamides is 1. The molecule has 1 rings (SSSR count). The van der Waals surface area contributed by atoms with Gasteiger partial charge in [-0.05, 0) is 32.0 Å². The molecule has 0 saturated carbocycles. The zero-order valence-corrected chi connectivity index (χ0v) is 15.9. The van der Waals surface area contributed by atoms with Crippen molar-refractivity contribution >= 4 is 21.9 Å². The summed E-state index contributed by atoms with van der Waals surface area (Å²) < 4.78 is 26.5. The Bertz CT molecular complexity index is 712. The van der Waals surface area contributed by atoms with E-state index in [0.717, 1.165) is 0 Å². The van der Waals surface area contributed by atoms with Crippen LogP contribution in [0.15, 0.2) is 29.2 Å². The summed E-state index contributed by atoms with van der Waals surface area (Å²) in [6.07, 6.45) is -0.165. The highest BCUT2D eigenvalue weighted by molar-refractivity contribution is 7.89. The van der Waals surface area contributed by atoms with Crippen LogP contribution < -0.4 is 0 Å². The summed E-state index contributed by atoms with van der Waals surface area (Å²) in [6.45, 7) is 7.83. The van der Waals surface area contributed by atoms with Gasteiger partial charge in [0.2, 0.25) is 10.0 Å². The lowest BCUT2D eigenvalue weighted by atomic mass is 10.1. The van der Waals surface area contributed by atoms with Crippen molar-refractivity contribution in [3.05, 3.63) is 29.8 Å². The Labute approximate surface area is 149 Å². The van der Waals surface area contributed by atoms with Gasteiger partial charge in [-0.3, -0.25) is 9.59 Å². The summed E-state index contributed by atoms with van der Waals surface area (Å²) in [7, 11) is -3.66. The molecule has 0 heterocycles. The average molecular weight is 370 g/mol. The first kappa shape index (κ1) is 21.1. The molecule has 0 atom stereocenters. The summed E-state index contributed by atoms with van der Waals surface area (Å²) in [5.74, 6) is -1.37. The maximum Gasteiger partial charge on any atom is 0.305 e. The van der Waals surface area contributed by atoms with E-state index in [1.807, 2.05) is 0 Å². The second-order valence-electron chi connectivity index (χ2n) is 5.85. The van der Waals surface area contributed by atoms with Crippen molar-refractivity contribution in [1.29, 1.82) is 0 Å². The number of carboxylic acids is 1. The lowest BCUT2D eigenvalue weighted by molar-refractivity contribution is -0.137. The average Bonchev–Trinajstić information content (AvgIpc) is 2.55. The van der Waals surface area contributed by atoms with E-state index in [1.54, 1.807) is 33.8 Å². The smallest absolute Gasteiger partial charge is 0.305 e. The van der Waals surface area contributed by atoms with Crippen molar-refractivity contribution < 1.29 is 23.1 Å². The number of carbonyl (C=O) groups excluding carboxylic acids is 1. The highest BCUT2D eigenvalue weighted by atomic mass is 32.2. The Morgan fingerprint density at radius 1 is 1.16 bits per heavy atom. The molecule has 140 valence electrons. The lowest BCUT2D eigenvalue weighted by Crippen LogP contribution is -2.38. The summed E-state index contributed by atoms with van der Waals surface area (Å²) in [5.41, 5.74) is 0.229. The van der Waals surface area contributed by atoms with Crippen LogP contribution in [0.3, 0.4) is 0 Å². The number of aliphatic carboxylic acids is 1. The van der Waals surface area contributed by atoms with E-state index in [2.05, 4.69) is 0 Å². The minimum absolute atomic E-state index is 0.0593. The lowest BCUT2D eigenvalue weighted by Gasteiger charge is -2.26. The van der Waals surface area contributed by atoms with Crippen molar-refractivity contribution in [2.45, 2.75) is 45.1 Å². The molecular weight excluding hydrogens is 344 g/mol. The fourth-order valence-electron chi connectivity index (χ4n) is 2.48. The number of carboxylic acid groups (broad SMARTS) is 1. The number of nitrogens with zero attached hydrogens (tertiary/aromatic N) is 2. The molecule has 1 aromatic carbocycles. The van der Waals surface area contributed by atoms with E-state index < -0.39 is 16.0 Å². The molecule has 0 spiro atoms. The molecule has 1 aromatic rings. The Hall–Kier alpha value is -1.93. The first-order valence-electron chi connectivity index (χ1n) is 8.28. The molecular formula is C17H26N2O5S. The molecule has 0 radical (unpaired) electrons. The van der Waals surface area contributed by atoms with Crippen molar-refractivity contribution in [3.63, 3.8) is 0 Å². The number of rotatable bonds is 9. The molecule has 1 amide bonds. The highest BCUT2D eigenvalue weighted by Crippen LogP contribution is 2.18. The topological polar surface area (TPSA) is 95.0 Å². The van der Waals surface area contributed by atoms with Gasteiger partial charge in [-0.25, -0.2) is 8.42 Å². The van der Waals surface area contributed by atoms with E-state index >= 15 is 0 Å². The first-order valence-corrected chi connectivity index (χ1v) is 9.72. The van der Waals surface area contributed by atoms with Gasteiger partial charge in [-0.1, -0.05) is 19.9 Å². The molecule has 0 aliphatic rings. The molecule has 1 N–H and O–H groups in total. The standard InChI is InChI=1S/C17H26N2O5S/c1-5-18(6-2)25(23,24)15-9-7-8-14(12-15)17(22)19(13(3)4)11-10-16(20)21/h7-9,12-13H,5-6,10-11H2,1-4H3,(H,20,21). The third-order valence-corrected chi connectivity index (χ3v) is 5.92. The van der Waals surface area contributed by atoms with Gasteiger partial charge in [-0.15, -0.1) is 0 Å². The monoisotopic (exact) mass is 370 g/mol. The zero-order chi connectivity index (χ0) is 19.2. The molecule has 0 bridgehead atoms. The van der Waals surface area contributed by atoms with Gasteiger partial charge in [0.25, 0.3) is 5.91 Å². The molecule has 0 fully saturated rings. The molecule has 0 aromatic heterocycles. The summed E-state index contributed by atoms with van der Waals surface area (Å²) in [4.78, 5) is 25.0. The maximum absolute atomic E-state index is 12.7. The van der Waals surface area contributed by atoms with Crippen molar-refractivity contribution in [3.8, 4) is 0 Å². The second-order valence-corrected chi connectivity index (χ2v) is 7.79. The van der Waals surface area contributed by atoms with Crippen LogP contribution >= 0.6 is 0 Å². The molecule has 8 heteroatoms. The first-order chi connectivity index (χ1) is 11.6. The Kier molecular flexibility index (Phi) is 7.57. The molecule has 0 unspecified atom stereocenters. The van der Waals surface area contributed by atoms with Gasteiger partial charge in [0, 0.05) is 31.2 Å². The van der Waals surface area contributed by atoms with Crippen LogP contribution in [0.2, 0.25) is 0 Å². The van der Waals surface area contributed by atoms with E-state index in [0.29, 0.717) is 13.1 Å². The largest absolute Gasteiger partial charge is 0.481 e. The van der Waals surface area contributed by atoms with Crippen LogP contribution in [0.4, 0.5) is 0 Å². The number of hydrogen-bond acceptors (Lipinski definition) is 4. The molecule has 0 aliphatic carbocycles. The van der Waals surface area contributed by atoms with Gasteiger partial charge in [0.15, 0.2) is 0 Å². The van der Waals surface area contributed by atoms with Crippen LogP contribution in [0.1, 0.15) is 44.5 Å². The molecule has 25 heavy (non-hydrogen) atoms. The summed E-state index contributed by atoms with van der Waals surface area (Å²) >= 11 is 0. The number of carbonyl (C=O) groups is 2. The van der Waals surface area contributed by atoms with Crippen LogP contribution in [-0.2, 0) is 14.8 Å².